The van der Waals surface area contributed by atoms with Crippen LogP contribution in [-0.4, -0.2) is 56.5 Å². The van der Waals surface area contributed by atoms with Crippen LogP contribution in [0.4, 0.5) is 0 Å². The van der Waals surface area contributed by atoms with Gasteiger partial charge in [-0.1, -0.05) is 24.8 Å². The molecule has 0 saturated carbocycles. The highest BCUT2D eigenvalue weighted by molar-refractivity contribution is 7.99. The number of likely N-dealkylation sites (tertiary alicyclic amines) is 1. The molecule has 8 heteroatoms. The van der Waals surface area contributed by atoms with Crippen LogP contribution in [0.15, 0.2) is 53.9 Å². The largest absolute Gasteiger partial charge is 0.497 e. The van der Waals surface area contributed by atoms with Crippen LogP contribution >= 0.6 is 11.8 Å². The van der Waals surface area contributed by atoms with E-state index in [1.54, 1.807) is 19.5 Å². The van der Waals surface area contributed by atoms with Crippen molar-refractivity contribution in [2.24, 2.45) is 5.92 Å². The molecule has 0 radical (unpaired) electrons. The van der Waals surface area contributed by atoms with Crippen molar-refractivity contribution < 1.29 is 9.53 Å². The van der Waals surface area contributed by atoms with Gasteiger partial charge in [0.05, 0.1) is 18.6 Å². The predicted molar refractivity (Wildman–Crippen MR) is 117 cm³/mol. The lowest BCUT2D eigenvalue weighted by atomic mass is 10.0. The van der Waals surface area contributed by atoms with Gasteiger partial charge in [0.15, 0.2) is 11.0 Å². The molecule has 3 heterocycles. The van der Waals surface area contributed by atoms with Crippen LogP contribution in [0.5, 0.6) is 5.75 Å². The van der Waals surface area contributed by atoms with E-state index in [2.05, 4.69) is 22.1 Å². The van der Waals surface area contributed by atoms with Gasteiger partial charge in [0.25, 0.3) is 0 Å². The number of amides is 1. The summed E-state index contributed by atoms with van der Waals surface area (Å²) in [6.07, 6.45) is 5.75. The van der Waals surface area contributed by atoms with Gasteiger partial charge in [-0.25, -0.2) is 0 Å². The summed E-state index contributed by atoms with van der Waals surface area (Å²) < 4.78 is 7.35. The summed E-state index contributed by atoms with van der Waals surface area (Å²) >= 11 is 1.41. The SMILES string of the molecule is COc1cccc(-n2c(SCC(=O)N3CCC[C@@H](C)C3)nnc2-c2cccnc2)c1. The van der Waals surface area contributed by atoms with Crippen molar-refractivity contribution in [3.05, 3.63) is 48.8 Å². The van der Waals surface area contributed by atoms with Gasteiger partial charge in [0.2, 0.25) is 5.91 Å². The van der Waals surface area contributed by atoms with Crippen LogP contribution in [0.1, 0.15) is 19.8 Å². The highest BCUT2D eigenvalue weighted by Gasteiger charge is 2.23. The highest BCUT2D eigenvalue weighted by atomic mass is 32.2. The zero-order chi connectivity index (χ0) is 20.9. The summed E-state index contributed by atoms with van der Waals surface area (Å²) in [5, 5.41) is 9.47. The van der Waals surface area contributed by atoms with E-state index in [4.69, 9.17) is 4.74 Å². The van der Waals surface area contributed by atoms with Crippen molar-refractivity contribution in [3.8, 4) is 22.8 Å². The van der Waals surface area contributed by atoms with Crippen LogP contribution in [0.25, 0.3) is 17.1 Å². The van der Waals surface area contributed by atoms with Gasteiger partial charge in [0.1, 0.15) is 5.75 Å². The summed E-state index contributed by atoms with van der Waals surface area (Å²) in [5.41, 5.74) is 1.73. The summed E-state index contributed by atoms with van der Waals surface area (Å²) in [5.74, 6) is 2.47. The minimum atomic E-state index is 0.148. The monoisotopic (exact) mass is 423 g/mol. The van der Waals surface area contributed by atoms with E-state index in [1.807, 2.05) is 45.9 Å². The number of benzene rings is 1. The molecule has 7 nitrogen and oxygen atoms in total. The average molecular weight is 424 g/mol. The number of carbonyl (C=O) groups excluding carboxylic acids is 1. The van der Waals surface area contributed by atoms with Crippen LogP contribution in [0, 0.1) is 5.92 Å². The Morgan fingerprint density at radius 3 is 2.93 bits per heavy atom. The molecule has 1 aliphatic rings. The zero-order valence-electron chi connectivity index (χ0n) is 17.2. The fourth-order valence-corrected chi connectivity index (χ4v) is 4.52. The van der Waals surface area contributed by atoms with E-state index in [0.717, 1.165) is 36.5 Å². The maximum atomic E-state index is 12.8. The Morgan fingerprint density at radius 2 is 2.17 bits per heavy atom. The minimum absolute atomic E-state index is 0.148. The second-order valence-corrected chi connectivity index (χ2v) is 8.40. The first-order chi connectivity index (χ1) is 14.7. The molecule has 1 amide bonds. The van der Waals surface area contributed by atoms with Gasteiger partial charge < -0.3 is 9.64 Å². The Bertz CT molecular complexity index is 1010. The van der Waals surface area contributed by atoms with E-state index in [1.165, 1.54) is 18.2 Å². The number of carbonyl (C=O) groups is 1. The van der Waals surface area contributed by atoms with Crippen molar-refractivity contribution in [2.45, 2.75) is 24.9 Å². The fraction of sp³-hybridized carbons (Fsp3) is 0.364. The van der Waals surface area contributed by atoms with Crippen LogP contribution in [-0.2, 0) is 4.79 Å². The number of hydrogen-bond donors (Lipinski definition) is 0. The van der Waals surface area contributed by atoms with Gasteiger partial charge in [-0.3, -0.25) is 14.3 Å². The fourth-order valence-electron chi connectivity index (χ4n) is 3.66. The lowest BCUT2D eigenvalue weighted by Crippen LogP contribution is -2.40. The highest BCUT2D eigenvalue weighted by Crippen LogP contribution is 2.29. The second-order valence-electron chi connectivity index (χ2n) is 7.46. The summed E-state index contributed by atoms with van der Waals surface area (Å²) in [4.78, 5) is 18.9. The van der Waals surface area contributed by atoms with Crippen LogP contribution in [0.3, 0.4) is 0 Å². The first-order valence-corrected chi connectivity index (χ1v) is 11.0. The Hall–Kier alpha value is -2.87. The first-order valence-electron chi connectivity index (χ1n) is 10.1. The molecule has 1 aliphatic heterocycles. The Morgan fingerprint density at radius 1 is 1.27 bits per heavy atom. The van der Waals surface area contributed by atoms with Gasteiger partial charge >= 0.3 is 0 Å². The van der Waals surface area contributed by atoms with Crippen molar-refractivity contribution in [1.82, 2.24) is 24.6 Å². The van der Waals surface area contributed by atoms with E-state index < -0.39 is 0 Å². The maximum Gasteiger partial charge on any atom is 0.233 e. The van der Waals surface area contributed by atoms with Crippen molar-refractivity contribution in [1.29, 1.82) is 0 Å². The lowest BCUT2D eigenvalue weighted by Gasteiger charge is -2.30. The summed E-state index contributed by atoms with van der Waals surface area (Å²) in [6, 6.07) is 11.5. The quantitative estimate of drug-likeness (QED) is 0.563. The van der Waals surface area contributed by atoms with E-state index in [9.17, 15) is 4.79 Å². The number of hydrogen-bond acceptors (Lipinski definition) is 6. The third-order valence-corrected chi connectivity index (χ3v) is 6.11. The molecule has 1 aromatic carbocycles. The number of nitrogens with zero attached hydrogens (tertiary/aromatic N) is 5. The molecule has 0 bridgehead atoms. The normalized spacial score (nSPS) is 16.5. The first kappa shape index (κ1) is 20.4. The smallest absolute Gasteiger partial charge is 0.233 e. The third kappa shape index (κ3) is 4.48. The Labute approximate surface area is 180 Å². The molecule has 0 aliphatic carbocycles. The molecule has 4 rings (SSSR count). The standard InChI is InChI=1S/C22H25N5O2S/c1-16-6-5-11-26(14-16)20(28)15-30-22-25-24-21(17-7-4-10-23-13-17)27(22)18-8-3-9-19(12-18)29-2/h3-4,7-10,12-13,16H,5-6,11,14-15H2,1-2H3/t16-/m1/s1. The van der Waals surface area contributed by atoms with Gasteiger partial charge in [-0.05, 0) is 43.0 Å². The molecule has 156 valence electrons. The molecular weight excluding hydrogens is 398 g/mol. The lowest BCUT2D eigenvalue weighted by molar-refractivity contribution is -0.130. The number of ether oxygens (including phenoxy) is 1. The van der Waals surface area contributed by atoms with Gasteiger partial charge in [0, 0.05) is 37.1 Å². The number of rotatable bonds is 6. The van der Waals surface area contributed by atoms with E-state index in [-0.39, 0.29) is 5.91 Å². The predicted octanol–water partition coefficient (Wildman–Crippen LogP) is 3.69. The molecule has 1 atom stereocenters. The third-order valence-electron chi connectivity index (χ3n) is 5.20. The maximum absolute atomic E-state index is 12.8. The minimum Gasteiger partial charge on any atom is -0.497 e. The van der Waals surface area contributed by atoms with Gasteiger partial charge in [-0.2, -0.15) is 0 Å². The molecule has 2 aromatic heterocycles. The summed E-state index contributed by atoms with van der Waals surface area (Å²) in [7, 11) is 1.64. The molecule has 1 fully saturated rings. The number of aromatic nitrogens is 4. The molecule has 0 N–H and O–H groups in total. The Balaban J connectivity index is 1.63. The molecule has 0 unspecified atom stereocenters. The number of pyridine rings is 1. The number of piperidine rings is 1. The van der Waals surface area contributed by atoms with Gasteiger partial charge in [-0.15, -0.1) is 10.2 Å². The molecule has 3 aromatic rings. The van der Waals surface area contributed by atoms with Crippen molar-refractivity contribution in [2.75, 3.05) is 26.0 Å². The molecular formula is C22H25N5O2S. The average Bonchev–Trinajstić information content (AvgIpc) is 3.22. The van der Waals surface area contributed by atoms with Crippen LogP contribution < -0.4 is 4.74 Å². The zero-order valence-corrected chi connectivity index (χ0v) is 18.0. The molecule has 30 heavy (non-hydrogen) atoms. The molecule has 0 spiro atoms. The van der Waals surface area contributed by atoms with Crippen LogP contribution in [0.2, 0.25) is 0 Å². The van der Waals surface area contributed by atoms with Crippen molar-refractivity contribution in [3.63, 3.8) is 0 Å². The topological polar surface area (TPSA) is 73.1 Å². The second kappa shape index (κ2) is 9.30. The van der Waals surface area contributed by atoms with Crippen molar-refractivity contribution >= 4 is 17.7 Å². The van der Waals surface area contributed by atoms with E-state index >= 15 is 0 Å². The van der Waals surface area contributed by atoms with E-state index in [0.29, 0.717) is 22.7 Å². The number of methoxy groups -OCH3 is 1. The summed E-state index contributed by atoms with van der Waals surface area (Å²) in [6.45, 7) is 3.88. The Kier molecular flexibility index (Phi) is 6.32. The number of thioether (sulfide) groups is 1. The molecule has 1 saturated heterocycles.